The van der Waals surface area contributed by atoms with Gasteiger partial charge in [-0.25, -0.2) is 9.97 Å². The molecule has 3 nitrogen and oxygen atoms in total. The minimum Gasteiger partial charge on any atom is -0.316 e. The minimum atomic E-state index is -0.158. The molecule has 0 fully saturated rings. The minimum absolute atomic E-state index is 0.158. The Labute approximate surface area is 304 Å². The summed E-state index contributed by atoms with van der Waals surface area (Å²) in [6.07, 6.45) is 3.31. The number of nitrogens with zero attached hydrogens (tertiary/aromatic N) is 3. The first-order chi connectivity index (χ1) is 25.5. The highest BCUT2D eigenvalue weighted by Gasteiger charge is 2.39. The molecular weight excluding hydrogens is 631 g/mol. The standard InChI is InChI=1S/C49H37N3/c1-31-36-21-13-15-25-44(36)52(30-41-37-22-11-10-20-34(37)28-39(41)46-45(31)38-23-12-14-24-42(38)49(46,2)3)35-26-27-43-40(29-35)47(32-16-6-4-7-17-32)51-48(50-43)33-18-8-5-9-19-33/h4-27,29-30H,28H2,1-3H3. The summed E-state index contributed by atoms with van der Waals surface area (Å²) in [6, 6.07) is 54.3. The van der Waals surface area contributed by atoms with Gasteiger partial charge < -0.3 is 4.57 Å². The molecule has 0 spiro atoms. The topological polar surface area (TPSA) is 30.7 Å². The number of hydrogen-bond acceptors (Lipinski definition) is 2. The summed E-state index contributed by atoms with van der Waals surface area (Å²) < 4.78 is 2.41. The number of fused-ring (bicyclic) bond motifs is 9. The SMILES string of the molecule is Cc1c2c(c3c(cn(-c4ccc5nc(-c6ccccc6)nc(-c6ccccc6)c5c4)c4ccccc14)-c1ccccc1C3)C(C)(C)c1ccccc1-2. The van der Waals surface area contributed by atoms with E-state index in [4.69, 9.17) is 9.97 Å². The van der Waals surface area contributed by atoms with Gasteiger partial charge in [-0.2, -0.15) is 0 Å². The summed E-state index contributed by atoms with van der Waals surface area (Å²) >= 11 is 0. The summed E-state index contributed by atoms with van der Waals surface area (Å²) in [5.41, 5.74) is 18.2. The van der Waals surface area contributed by atoms with Crippen LogP contribution in [0.1, 0.15) is 41.7 Å². The number of benzene rings is 6. The molecule has 2 heterocycles. The summed E-state index contributed by atoms with van der Waals surface area (Å²) in [5.74, 6) is 0.727. The van der Waals surface area contributed by atoms with Crippen LogP contribution in [0.2, 0.25) is 0 Å². The van der Waals surface area contributed by atoms with E-state index in [-0.39, 0.29) is 5.41 Å². The van der Waals surface area contributed by atoms with Crippen molar-refractivity contribution in [2.45, 2.75) is 32.6 Å². The third-order valence-corrected chi connectivity index (χ3v) is 11.3. The van der Waals surface area contributed by atoms with Crippen LogP contribution >= 0.6 is 0 Å². The molecule has 52 heavy (non-hydrogen) atoms. The van der Waals surface area contributed by atoms with Crippen molar-refractivity contribution >= 4 is 21.8 Å². The molecule has 0 saturated heterocycles. The average molecular weight is 668 g/mol. The smallest absolute Gasteiger partial charge is 0.160 e. The Kier molecular flexibility index (Phi) is 6.81. The zero-order valence-corrected chi connectivity index (χ0v) is 29.6. The summed E-state index contributed by atoms with van der Waals surface area (Å²) in [7, 11) is 0. The van der Waals surface area contributed by atoms with Gasteiger partial charge in [0.1, 0.15) is 0 Å². The third-order valence-electron chi connectivity index (χ3n) is 11.3. The molecular formula is C49H37N3. The summed E-state index contributed by atoms with van der Waals surface area (Å²) in [5, 5.41) is 2.25. The van der Waals surface area contributed by atoms with Crippen LogP contribution in [0, 0.1) is 6.92 Å². The molecule has 3 heteroatoms. The molecule has 0 atom stereocenters. The molecule has 0 N–H and O–H groups in total. The van der Waals surface area contributed by atoms with E-state index >= 15 is 0 Å². The van der Waals surface area contributed by atoms with Crippen LogP contribution in [0.5, 0.6) is 0 Å². The van der Waals surface area contributed by atoms with E-state index in [1.54, 1.807) is 0 Å². The molecule has 248 valence electrons. The number of aryl methyl sites for hydroxylation is 1. The lowest BCUT2D eigenvalue weighted by Crippen LogP contribution is -2.17. The molecule has 0 radical (unpaired) electrons. The maximum absolute atomic E-state index is 5.23. The molecule has 0 bridgehead atoms. The van der Waals surface area contributed by atoms with Gasteiger partial charge in [-0.05, 0) is 82.1 Å². The van der Waals surface area contributed by atoms with Crippen molar-refractivity contribution < 1.29 is 0 Å². The van der Waals surface area contributed by atoms with Gasteiger partial charge in [0.15, 0.2) is 5.82 Å². The van der Waals surface area contributed by atoms with E-state index in [0.717, 1.165) is 51.2 Å². The number of rotatable bonds is 3. The first kappa shape index (κ1) is 30.5. The molecule has 2 aliphatic rings. The highest BCUT2D eigenvalue weighted by atomic mass is 15.0. The predicted molar refractivity (Wildman–Crippen MR) is 215 cm³/mol. The van der Waals surface area contributed by atoms with E-state index < -0.39 is 0 Å². The quantitative estimate of drug-likeness (QED) is 0.188. The fourth-order valence-corrected chi connectivity index (χ4v) is 8.85. The van der Waals surface area contributed by atoms with Gasteiger partial charge in [0.05, 0.1) is 16.7 Å². The summed E-state index contributed by atoms with van der Waals surface area (Å²) in [6.45, 7) is 7.15. The zero-order chi connectivity index (χ0) is 35.0. The molecule has 6 aromatic carbocycles. The Balaban J connectivity index is 1.34. The Morgan fingerprint density at radius 2 is 1.27 bits per heavy atom. The van der Waals surface area contributed by atoms with Crippen LogP contribution in [0.3, 0.4) is 0 Å². The first-order valence-electron chi connectivity index (χ1n) is 18.1. The molecule has 0 aliphatic heterocycles. The van der Waals surface area contributed by atoms with Gasteiger partial charge in [0.25, 0.3) is 0 Å². The molecule has 0 saturated carbocycles. The lowest BCUT2D eigenvalue weighted by Gasteiger charge is -2.23. The molecule has 0 unspecified atom stereocenters. The van der Waals surface area contributed by atoms with Gasteiger partial charge in [0, 0.05) is 44.8 Å². The van der Waals surface area contributed by atoms with E-state index in [2.05, 4.69) is 165 Å². The van der Waals surface area contributed by atoms with Crippen molar-refractivity contribution in [1.82, 2.24) is 14.5 Å². The zero-order valence-electron chi connectivity index (χ0n) is 29.6. The van der Waals surface area contributed by atoms with E-state index in [1.807, 2.05) is 18.2 Å². The Morgan fingerprint density at radius 1 is 0.596 bits per heavy atom. The lowest BCUT2D eigenvalue weighted by atomic mass is 9.79. The second-order valence-electron chi connectivity index (χ2n) is 14.6. The second kappa shape index (κ2) is 11.6. The normalized spacial score (nSPS) is 13.4. The highest BCUT2D eigenvalue weighted by molar-refractivity contribution is 5.97. The van der Waals surface area contributed by atoms with E-state index in [1.165, 1.54) is 55.5 Å². The fraction of sp³-hybridized carbons (Fsp3) is 0.102. The highest BCUT2D eigenvalue weighted by Crippen LogP contribution is 2.54. The number of aromatic nitrogens is 3. The molecule has 2 aliphatic carbocycles. The van der Waals surface area contributed by atoms with Crippen molar-refractivity contribution in [1.29, 1.82) is 0 Å². The van der Waals surface area contributed by atoms with Gasteiger partial charge in [-0.1, -0.05) is 141 Å². The number of hydrogen-bond donors (Lipinski definition) is 0. The fourth-order valence-electron chi connectivity index (χ4n) is 8.85. The Bertz CT molecular complexity index is 2790. The maximum atomic E-state index is 5.23. The Morgan fingerprint density at radius 3 is 2.08 bits per heavy atom. The van der Waals surface area contributed by atoms with Crippen LogP contribution in [0.4, 0.5) is 0 Å². The predicted octanol–water partition coefficient (Wildman–Crippen LogP) is 12.2. The summed E-state index contributed by atoms with van der Waals surface area (Å²) in [4.78, 5) is 10.4. The Hall–Kier alpha value is -6.32. The largest absolute Gasteiger partial charge is 0.316 e. The van der Waals surface area contributed by atoms with Crippen LogP contribution < -0.4 is 0 Å². The van der Waals surface area contributed by atoms with Crippen molar-refractivity contribution in [3.63, 3.8) is 0 Å². The first-order valence-corrected chi connectivity index (χ1v) is 18.1. The van der Waals surface area contributed by atoms with Crippen molar-refractivity contribution in [2.24, 2.45) is 0 Å². The van der Waals surface area contributed by atoms with Gasteiger partial charge in [0.2, 0.25) is 0 Å². The monoisotopic (exact) mass is 667 g/mol. The maximum Gasteiger partial charge on any atom is 0.160 e. The lowest BCUT2D eigenvalue weighted by molar-refractivity contribution is 0.654. The van der Waals surface area contributed by atoms with E-state index in [0.29, 0.717) is 0 Å². The third kappa shape index (κ3) is 4.59. The van der Waals surface area contributed by atoms with Gasteiger partial charge >= 0.3 is 0 Å². The van der Waals surface area contributed by atoms with Gasteiger partial charge in [-0.3, -0.25) is 0 Å². The van der Waals surface area contributed by atoms with Crippen molar-refractivity contribution in [3.8, 4) is 50.6 Å². The van der Waals surface area contributed by atoms with Crippen molar-refractivity contribution in [2.75, 3.05) is 0 Å². The molecule has 8 aromatic rings. The van der Waals surface area contributed by atoms with Crippen molar-refractivity contribution in [3.05, 3.63) is 186 Å². The van der Waals surface area contributed by atoms with Crippen LogP contribution in [0.15, 0.2) is 158 Å². The molecule has 0 amide bonds. The molecule has 10 rings (SSSR count). The van der Waals surface area contributed by atoms with Gasteiger partial charge in [-0.15, -0.1) is 0 Å². The van der Waals surface area contributed by atoms with Crippen LogP contribution in [-0.4, -0.2) is 14.5 Å². The molecule has 2 aromatic heterocycles. The van der Waals surface area contributed by atoms with E-state index in [9.17, 15) is 0 Å². The van der Waals surface area contributed by atoms with Crippen LogP contribution in [0.25, 0.3) is 72.4 Å². The van der Waals surface area contributed by atoms with Crippen LogP contribution in [-0.2, 0) is 11.8 Å². The second-order valence-corrected chi connectivity index (χ2v) is 14.6. The average Bonchev–Trinajstić information content (AvgIpc) is 3.68. The number of para-hydroxylation sites is 1.